The number of fused-ring (bicyclic) bond motifs is 1. The SMILES string of the molecule is CC(C)c1ccc2c(C(C)C)nn(C(C)C)c2n1. The number of pyridine rings is 1. The zero-order chi connectivity index (χ0) is 13.4. The van der Waals surface area contributed by atoms with Gasteiger partial charge in [0.25, 0.3) is 0 Å². The highest BCUT2D eigenvalue weighted by molar-refractivity contribution is 5.79. The van der Waals surface area contributed by atoms with E-state index in [1.165, 1.54) is 5.39 Å². The number of aromatic nitrogens is 3. The summed E-state index contributed by atoms with van der Waals surface area (Å²) >= 11 is 0. The van der Waals surface area contributed by atoms with Crippen LogP contribution in [0.5, 0.6) is 0 Å². The summed E-state index contributed by atoms with van der Waals surface area (Å²) in [7, 11) is 0. The molecule has 0 amide bonds. The van der Waals surface area contributed by atoms with E-state index in [4.69, 9.17) is 10.1 Å². The lowest BCUT2D eigenvalue weighted by Gasteiger charge is -2.08. The zero-order valence-electron chi connectivity index (χ0n) is 12.2. The Balaban J connectivity index is 2.71. The van der Waals surface area contributed by atoms with Crippen molar-refractivity contribution < 1.29 is 0 Å². The monoisotopic (exact) mass is 245 g/mol. The fourth-order valence-electron chi connectivity index (χ4n) is 2.16. The van der Waals surface area contributed by atoms with Gasteiger partial charge in [-0.3, -0.25) is 0 Å². The van der Waals surface area contributed by atoms with Gasteiger partial charge in [-0.1, -0.05) is 27.7 Å². The van der Waals surface area contributed by atoms with Gasteiger partial charge in [0, 0.05) is 17.1 Å². The Labute approximate surface area is 109 Å². The second-order valence-corrected chi connectivity index (χ2v) is 5.84. The summed E-state index contributed by atoms with van der Waals surface area (Å²) in [6, 6.07) is 4.65. The highest BCUT2D eigenvalue weighted by Gasteiger charge is 2.17. The first-order valence-electron chi connectivity index (χ1n) is 6.80. The maximum atomic E-state index is 4.80. The van der Waals surface area contributed by atoms with E-state index in [-0.39, 0.29) is 0 Å². The van der Waals surface area contributed by atoms with E-state index in [1.54, 1.807) is 0 Å². The highest BCUT2D eigenvalue weighted by atomic mass is 15.3. The molecule has 0 fully saturated rings. The molecule has 3 heteroatoms. The number of nitrogens with zero attached hydrogens (tertiary/aromatic N) is 3. The van der Waals surface area contributed by atoms with Crippen LogP contribution >= 0.6 is 0 Å². The Bertz CT molecular complexity index is 550. The topological polar surface area (TPSA) is 30.7 Å². The van der Waals surface area contributed by atoms with Gasteiger partial charge in [0.2, 0.25) is 0 Å². The second-order valence-electron chi connectivity index (χ2n) is 5.84. The van der Waals surface area contributed by atoms with Crippen molar-refractivity contribution in [3.63, 3.8) is 0 Å². The molecule has 0 saturated heterocycles. The van der Waals surface area contributed by atoms with Gasteiger partial charge in [-0.25, -0.2) is 9.67 Å². The molecule has 0 radical (unpaired) electrons. The molecule has 0 spiro atoms. The first-order chi connectivity index (χ1) is 8.41. The summed E-state index contributed by atoms with van der Waals surface area (Å²) in [6.45, 7) is 13.0. The third kappa shape index (κ3) is 2.14. The lowest BCUT2D eigenvalue weighted by Crippen LogP contribution is -2.05. The van der Waals surface area contributed by atoms with Gasteiger partial charge < -0.3 is 0 Å². The van der Waals surface area contributed by atoms with E-state index in [0.29, 0.717) is 17.9 Å². The van der Waals surface area contributed by atoms with Crippen molar-refractivity contribution in [3.05, 3.63) is 23.5 Å². The fourth-order valence-corrected chi connectivity index (χ4v) is 2.16. The van der Waals surface area contributed by atoms with Crippen LogP contribution < -0.4 is 0 Å². The molecule has 2 aromatic rings. The molecule has 2 rings (SSSR count). The normalized spacial score (nSPS) is 12.3. The minimum Gasteiger partial charge on any atom is -0.244 e. The van der Waals surface area contributed by atoms with Gasteiger partial charge >= 0.3 is 0 Å². The molecule has 0 N–H and O–H groups in total. The van der Waals surface area contributed by atoms with E-state index in [9.17, 15) is 0 Å². The molecule has 0 aromatic carbocycles. The highest BCUT2D eigenvalue weighted by Crippen LogP contribution is 2.27. The second kappa shape index (κ2) is 4.71. The average molecular weight is 245 g/mol. The summed E-state index contributed by atoms with van der Waals surface area (Å²) in [4.78, 5) is 4.80. The van der Waals surface area contributed by atoms with Crippen molar-refractivity contribution in [2.75, 3.05) is 0 Å². The quantitative estimate of drug-likeness (QED) is 0.809. The van der Waals surface area contributed by atoms with E-state index in [2.05, 4.69) is 58.4 Å². The zero-order valence-corrected chi connectivity index (χ0v) is 12.2. The maximum Gasteiger partial charge on any atom is 0.158 e. The minimum absolute atomic E-state index is 0.343. The minimum atomic E-state index is 0.343. The number of hydrogen-bond acceptors (Lipinski definition) is 2. The van der Waals surface area contributed by atoms with E-state index in [0.717, 1.165) is 17.0 Å². The van der Waals surface area contributed by atoms with Crippen LogP contribution in [0.3, 0.4) is 0 Å². The van der Waals surface area contributed by atoms with Crippen LogP contribution in [0.15, 0.2) is 12.1 Å². The van der Waals surface area contributed by atoms with Crippen LogP contribution in [-0.2, 0) is 0 Å². The molecular formula is C15H23N3. The van der Waals surface area contributed by atoms with Crippen LogP contribution in [-0.4, -0.2) is 14.8 Å². The Hall–Kier alpha value is -1.38. The van der Waals surface area contributed by atoms with E-state index in [1.807, 2.05) is 0 Å². The van der Waals surface area contributed by atoms with Gasteiger partial charge in [0.05, 0.1) is 5.69 Å². The molecule has 0 bridgehead atoms. The standard InChI is InChI=1S/C15H23N3/c1-9(2)13-8-7-12-14(10(3)4)17-18(11(5)6)15(12)16-13/h7-11H,1-6H3. The molecule has 0 saturated carbocycles. The van der Waals surface area contributed by atoms with Crippen LogP contribution in [0, 0.1) is 0 Å². The van der Waals surface area contributed by atoms with Crippen molar-refractivity contribution >= 4 is 11.0 Å². The summed E-state index contributed by atoms with van der Waals surface area (Å²) in [6.07, 6.45) is 0. The lowest BCUT2D eigenvalue weighted by atomic mass is 10.1. The maximum absolute atomic E-state index is 4.80. The molecule has 18 heavy (non-hydrogen) atoms. The Morgan fingerprint density at radius 2 is 1.61 bits per heavy atom. The predicted octanol–water partition coefficient (Wildman–Crippen LogP) is 4.26. The van der Waals surface area contributed by atoms with Gasteiger partial charge in [0.1, 0.15) is 0 Å². The van der Waals surface area contributed by atoms with Crippen molar-refractivity contribution in [2.45, 2.75) is 59.4 Å². The van der Waals surface area contributed by atoms with Crippen molar-refractivity contribution in [1.29, 1.82) is 0 Å². The number of hydrogen-bond donors (Lipinski definition) is 0. The lowest BCUT2D eigenvalue weighted by molar-refractivity contribution is 0.534. The van der Waals surface area contributed by atoms with E-state index < -0.39 is 0 Å². The first kappa shape index (κ1) is 13.1. The summed E-state index contributed by atoms with van der Waals surface area (Å²) in [5.74, 6) is 0.881. The fraction of sp³-hybridized carbons (Fsp3) is 0.600. The number of rotatable bonds is 3. The van der Waals surface area contributed by atoms with Gasteiger partial charge in [-0.05, 0) is 37.8 Å². The molecule has 0 aliphatic carbocycles. The molecule has 0 unspecified atom stereocenters. The molecule has 3 nitrogen and oxygen atoms in total. The largest absolute Gasteiger partial charge is 0.244 e. The van der Waals surface area contributed by atoms with Crippen LogP contribution in [0.25, 0.3) is 11.0 Å². The molecule has 2 aromatic heterocycles. The van der Waals surface area contributed by atoms with Crippen LogP contribution in [0.4, 0.5) is 0 Å². The van der Waals surface area contributed by atoms with Crippen molar-refractivity contribution in [3.8, 4) is 0 Å². The molecule has 0 aliphatic rings. The smallest absolute Gasteiger partial charge is 0.158 e. The third-order valence-electron chi connectivity index (χ3n) is 3.23. The average Bonchev–Trinajstić information content (AvgIpc) is 2.67. The Morgan fingerprint density at radius 3 is 2.11 bits per heavy atom. The summed E-state index contributed by atoms with van der Waals surface area (Å²) < 4.78 is 2.05. The summed E-state index contributed by atoms with van der Waals surface area (Å²) in [5.41, 5.74) is 3.32. The Morgan fingerprint density at radius 1 is 0.944 bits per heavy atom. The van der Waals surface area contributed by atoms with Crippen molar-refractivity contribution in [1.82, 2.24) is 14.8 Å². The molecule has 0 aliphatic heterocycles. The van der Waals surface area contributed by atoms with Gasteiger partial charge in [0.15, 0.2) is 5.65 Å². The summed E-state index contributed by atoms with van der Waals surface area (Å²) in [5, 5.41) is 5.94. The Kier molecular flexibility index (Phi) is 3.42. The first-order valence-corrected chi connectivity index (χ1v) is 6.80. The van der Waals surface area contributed by atoms with E-state index >= 15 is 0 Å². The van der Waals surface area contributed by atoms with Crippen LogP contribution in [0.1, 0.15) is 70.8 Å². The third-order valence-corrected chi connectivity index (χ3v) is 3.23. The van der Waals surface area contributed by atoms with Gasteiger partial charge in [-0.2, -0.15) is 5.10 Å². The molecule has 0 atom stereocenters. The van der Waals surface area contributed by atoms with Gasteiger partial charge in [-0.15, -0.1) is 0 Å². The van der Waals surface area contributed by atoms with Crippen molar-refractivity contribution in [2.24, 2.45) is 0 Å². The predicted molar refractivity (Wildman–Crippen MR) is 76.1 cm³/mol. The molecular weight excluding hydrogens is 222 g/mol. The van der Waals surface area contributed by atoms with Crippen LogP contribution in [0.2, 0.25) is 0 Å². The molecule has 2 heterocycles. The molecule has 98 valence electrons.